The second-order valence-electron chi connectivity index (χ2n) is 9.48. The second kappa shape index (κ2) is 16.1. The molecule has 0 aliphatic rings. The van der Waals surface area contributed by atoms with Crippen molar-refractivity contribution in [3.63, 3.8) is 0 Å². The van der Waals surface area contributed by atoms with E-state index in [1.54, 1.807) is 115 Å². The van der Waals surface area contributed by atoms with Crippen molar-refractivity contribution in [2.75, 3.05) is 6.61 Å². The number of carbonyl (C=O) groups is 4. The average molecular weight is 594 g/mol. The molecule has 0 aliphatic heterocycles. The number of hydrogen-bond acceptors (Lipinski definition) is 8. The van der Waals surface area contributed by atoms with Crippen LogP contribution < -0.4 is 5.32 Å². The highest BCUT2D eigenvalue weighted by atomic mass is 16.6. The number of benzene rings is 4. The fourth-order valence-electron chi connectivity index (χ4n) is 4.12. The van der Waals surface area contributed by atoms with E-state index in [9.17, 15) is 19.2 Å². The molecule has 44 heavy (non-hydrogen) atoms. The van der Waals surface area contributed by atoms with Gasteiger partial charge in [-0.2, -0.15) is 0 Å². The van der Waals surface area contributed by atoms with Crippen molar-refractivity contribution in [2.45, 2.75) is 24.9 Å². The zero-order valence-corrected chi connectivity index (χ0v) is 23.7. The molecule has 0 spiro atoms. The lowest BCUT2D eigenvalue weighted by molar-refractivity contribution is -0.0420. The molecule has 0 fully saturated rings. The predicted octanol–water partition coefficient (Wildman–Crippen LogP) is 5.78. The highest BCUT2D eigenvalue weighted by molar-refractivity contribution is 5.91. The van der Waals surface area contributed by atoms with E-state index in [0.29, 0.717) is 0 Å². The fourth-order valence-corrected chi connectivity index (χ4v) is 4.12. The predicted molar refractivity (Wildman–Crippen MR) is 162 cm³/mol. The first kappa shape index (κ1) is 31.2. The van der Waals surface area contributed by atoms with Gasteiger partial charge in [-0.3, -0.25) is 0 Å². The van der Waals surface area contributed by atoms with Gasteiger partial charge < -0.3 is 24.3 Å². The van der Waals surface area contributed by atoms with Crippen molar-refractivity contribution in [3.05, 3.63) is 156 Å². The Kier molecular flexibility index (Phi) is 11.4. The van der Waals surface area contributed by atoms with E-state index in [1.807, 2.05) is 6.07 Å². The Morgan fingerprint density at radius 2 is 1.07 bits per heavy atom. The molecule has 4 aromatic carbocycles. The molecule has 0 aliphatic carbocycles. The van der Waals surface area contributed by atoms with Crippen LogP contribution in [0.5, 0.6) is 0 Å². The van der Waals surface area contributed by atoms with Crippen LogP contribution in [0.15, 0.2) is 134 Å². The largest absolute Gasteiger partial charge is 0.460 e. The maximum Gasteiger partial charge on any atom is 0.407 e. The van der Waals surface area contributed by atoms with Crippen LogP contribution in [-0.4, -0.2) is 48.9 Å². The molecule has 4 rings (SSSR count). The Bertz CT molecular complexity index is 1530. The van der Waals surface area contributed by atoms with Crippen LogP contribution in [0.3, 0.4) is 0 Å². The number of nitrogens with one attached hydrogen (secondary N) is 1. The first-order chi connectivity index (χ1) is 21.4. The van der Waals surface area contributed by atoms with Gasteiger partial charge in [-0.05, 0) is 48.0 Å². The summed E-state index contributed by atoms with van der Waals surface area (Å²) in [7, 11) is 0. The minimum Gasteiger partial charge on any atom is -0.460 e. The number of ether oxygens (including phenoxy) is 4. The highest BCUT2D eigenvalue weighted by Gasteiger charge is 2.37. The molecule has 0 bridgehead atoms. The molecular formula is C35H31NO8. The van der Waals surface area contributed by atoms with Crippen molar-refractivity contribution >= 4 is 24.0 Å². The fraction of sp³-hybridized carbons (Fsp3) is 0.143. The van der Waals surface area contributed by atoms with E-state index in [1.165, 1.54) is 6.08 Å². The maximum absolute atomic E-state index is 13.2. The van der Waals surface area contributed by atoms with Crippen molar-refractivity contribution < 1.29 is 38.1 Å². The smallest absolute Gasteiger partial charge is 0.407 e. The Labute approximate surface area is 255 Å². The number of amides is 1. The highest BCUT2D eigenvalue weighted by Crippen LogP contribution is 2.18. The summed E-state index contributed by atoms with van der Waals surface area (Å²) in [5.74, 6) is -2.17. The molecule has 0 radical (unpaired) electrons. The minimum atomic E-state index is -1.39. The maximum atomic E-state index is 13.2. The van der Waals surface area contributed by atoms with Crippen LogP contribution in [0, 0.1) is 0 Å². The minimum absolute atomic E-state index is 0.0501. The zero-order valence-electron chi connectivity index (χ0n) is 23.7. The summed E-state index contributed by atoms with van der Waals surface area (Å²) in [6.07, 6.45) is -2.27. The van der Waals surface area contributed by atoms with Gasteiger partial charge in [0, 0.05) is 0 Å². The van der Waals surface area contributed by atoms with Gasteiger partial charge in [0.1, 0.15) is 19.3 Å². The van der Waals surface area contributed by atoms with E-state index in [4.69, 9.17) is 18.9 Å². The van der Waals surface area contributed by atoms with Crippen LogP contribution in [0.4, 0.5) is 4.79 Å². The van der Waals surface area contributed by atoms with Crippen molar-refractivity contribution in [2.24, 2.45) is 0 Å². The zero-order chi connectivity index (χ0) is 31.1. The number of esters is 3. The molecule has 0 heterocycles. The van der Waals surface area contributed by atoms with Crippen LogP contribution in [0.1, 0.15) is 36.6 Å². The summed E-state index contributed by atoms with van der Waals surface area (Å²) in [4.78, 5) is 52.1. The van der Waals surface area contributed by atoms with Crippen molar-refractivity contribution in [1.82, 2.24) is 5.32 Å². The van der Waals surface area contributed by atoms with Gasteiger partial charge >= 0.3 is 24.0 Å². The number of carbonyl (C=O) groups excluding carboxylic acids is 4. The summed E-state index contributed by atoms with van der Waals surface area (Å²) in [5.41, 5.74) is 1.46. The van der Waals surface area contributed by atoms with Gasteiger partial charge in [0.25, 0.3) is 0 Å². The van der Waals surface area contributed by atoms with E-state index in [-0.39, 0.29) is 23.3 Å². The summed E-state index contributed by atoms with van der Waals surface area (Å²) in [6.45, 7) is 3.25. The van der Waals surface area contributed by atoms with E-state index >= 15 is 0 Å². The molecule has 0 aromatic heterocycles. The number of alkyl carbamates (subject to hydrolysis) is 1. The molecule has 224 valence electrons. The van der Waals surface area contributed by atoms with Crippen LogP contribution >= 0.6 is 0 Å². The van der Waals surface area contributed by atoms with Crippen molar-refractivity contribution in [1.29, 1.82) is 0 Å². The Morgan fingerprint density at radius 1 is 0.614 bits per heavy atom. The monoisotopic (exact) mass is 593 g/mol. The van der Waals surface area contributed by atoms with Crippen LogP contribution in [0.25, 0.3) is 0 Å². The Balaban J connectivity index is 1.62. The normalized spacial score (nSPS) is 12.5. The number of hydrogen-bond donors (Lipinski definition) is 1. The molecule has 4 aromatic rings. The molecule has 0 saturated heterocycles. The van der Waals surface area contributed by atoms with Gasteiger partial charge in [-0.15, -0.1) is 0 Å². The summed E-state index contributed by atoms with van der Waals surface area (Å²) in [5, 5.41) is 2.62. The molecule has 3 atom stereocenters. The molecule has 1 N–H and O–H groups in total. The first-order valence-corrected chi connectivity index (χ1v) is 13.8. The molecular weight excluding hydrogens is 562 g/mol. The van der Waals surface area contributed by atoms with Crippen LogP contribution in [-0.2, 0) is 25.6 Å². The van der Waals surface area contributed by atoms with Gasteiger partial charge in [-0.1, -0.05) is 91.5 Å². The molecule has 9 heteroatoms. The Hall–Kier alpha value is -5.70. The SMILES string of the molecule is C=C[C@@H](OC(=O)c1ccccc1)[C@H](OC(=O)c1ccccc1)[C@@H](COC(=O)c1ccccc1)NC(=O)OCc1ccccc1. The topological polar surface area (TPSA) is 117 Å². The summed E-state index contributed by atoms with van der Waals surface area (Å²) < 4.78 is 22.5. The number of rotatable bonds is 13. The third-order valence-corrected chi connectivity index (χ3v) is 6.38. The van der Waals surface area contributed by atoms with E-state index in [0.717, 1.165) is 5.56 Å². The van der Waals surface area contributed by atoms with Gasteiger partial charge in [0.15, 0.2) is 12.2 Å². The standard InChI is InChI=1S/C35H31NO8/c1-2-30(43-33(38)27-19-11-5-12-20-27)31(44-34(39)28-21-13-6-14-22-28)29(24-41-32(37)26-17-9-4-10-18-26)36-35(40)42-23-25-15-7-3-8-16-25/h2-22,29-31H,1,23-24H2,(H,36,40)/t29-,30-,31-/m1/s1. The average Bonchev–Trinajstić information content (AvgIpc) is 3.08. The third-order valence-electron chi connectivity index (χ3n) is 6.38. The third kappa shape index (κ3) is 9.15. The van der Waals surface area contributed by atoms with E-state index in [2.05, 4.69) is 11.9 Å². The molecule has 0 unspecified atom stereocenters. The van der Waals surface area contributed by atoms with Gasteiger partial charge in [-0.25, -0.2) is 19.2 Å². The van der Waals surface area contributed by atoms with Gasteiger partial charge in [0.2, 0.25) is 0 Å². The quantitative estimate of drug-likeness (QED) is 0.118. The lowest BCUT2D eigenvalue weighted by atomic mass is 10.0. The van der Waals surface area contributed by atoms with Crippen LogP contribution in [0.2, 0.25) is 0 Å². The molecule has 1 amide bonds. The Morgan fingerprint density at radius 3 is 1.57 bits per heavy atom. The lowest BCUT2D eigenvalue weighted by Crippen LogP contribution is -2.53. The molecule has 9 nitrogen and oxygen atoms in total. The molecule has 0 saturated carbocycles. The van der Waals surface area contributed by atoms with Crippen molar-refractivity contribution in [3.8, 4) is 0 Å². The lowest BCUT2D eigenvalue weighted by Gasteiger charge is -2.31. The second-order valence-corrected chi connectivity index (χ2v) is 9.48. The summed E-state index contributed by atoms with van der Waals surface area (Å²) in [6, 6.07) is 32.4. The van der Waals surface area contributed by atoms with Gasteiger partial charge in [0.05, 0.1) is 16.7 Å². The first-order valence-electron chi connectivity index (χ1n) is 13.8. The van der Waals surface area contributed by atoms with E-state index < -0.39 is 48.9 Å². The summed E-state index contributed by atoms with van der Waals surface area (Å²) >= 11 is 0.